The van der Waals surface area contributed by atoms with Crippen molar-refractivity contribution in [2.24, 2.45) is 11.7 Å². The molecule has 132 valence electrons. The van der Waals surface area contributed by atoms with E-state index in [1.807, 2.05) is 24.0 Å². The molecule has 1 aromatic rings. The van der Waals surface area contributed by atoms with Crippen LogP contribution in [0.15, 0.2) is 18.2 Å². The van der Waals surface area contributed by atoms with Crippen molar-refractivity contribution in [1.29, 1.82) is 0 Å². The lowest BCUT2D eigenvalue weighted by molar-refractivity contribution is -0.127. The van der Waals surface area contributed by atoms with E-state index < -0.39 is 0 Å². The number of halogens is 1. The van der Waals surface area contributed by atoms with Gasteiger partial charge in [0.25, 0.3) is 0 Å². The van der Waals surface area contributed by atoms with Crippen LogP contribution in [0, 0.1) is 12.8 Å². The molecule has 1 fully saturated rings. The van der Waals surface area contributed by atoms with Crippen LogP contribution < -0.4 is 16.4 Å². The summed E-state index contributed by atoms with van der Waals surface area (Å²) >= 11 is 6.07. The Morgan fingerprint density at radius 2 is 2.21 bits per heavy atom. The molecule has 0 radical (unpaired) electrons. The summed E-state index contributed by atoms with van der Waals surface area (Å²) in [5, 5.41) is 6.30. The number of rotatable bonds is 6. The van der Waals surface area contributed by atoms with Gasteiger partial charge in [-0.1, -0.05) is 17.7 Å². The highest BCUT2D eigenvalue weighted by Gasteiger charge is 2.26. The summed E-state index contributed by atoms with van der Waals surface area (Å²) in [7, 11) is 0. The fourth-order valence-electron chi connectivity index (χ4n) is 2.83. The summed E-state index contributed by atoms with van der Waals surface area (Å²) < 4.78 is 0. The van der Waals surface area contributed by atoms with E-state index in [2.05, 4.69) is 10.6 Å². The van der Waals surface area contributed by atoms with Gasteiger partial charge in [-0.25, -0.2) is 0 Å². The second kappa shape index (κ2) is 9.01. The van der Waals surface area contributed by atoms with E-state index in [0.717, 1.165) is 24.9 Å². The molecule has 0 aromatic heterocycles. The van der Waals surface area contributed by atoms with Crippen molar-refractivity contribution in [3.05, 3.63) is 28.8 Å². The molecule has 2 amide bonds. The average Bonchev–Trinajstić information content (AvgIpc) is 2.56. The van der Waals surface area contributed by atoms with Gasteiger partial charge in [0.15, 0.2) is 0 Å². The molecule has 1 unspecified atom stereocenters. The Morgan fingerprint density at radius 3 is 2.92 bits per heavy atom. The number of hydrogen-bond donors (Lipinski definition) is 3. The number of nitrogens with one attached hydrogen (secondary N) is 2. The maximum Gasteiger partial charge on any atom is 0.238 e. The van der Waals surface area contributed by atoms with Crippen molar-refractivity contribution in [3.8, 4) is 0 Å². The van der Waals surface area contributed by atoms with Crippen LogP contribution in [-0.2, 0) is 9.59 Å². The molecule has 0 saturated carbocycles. The van der Waals surface area contributed by atoms with E-state index >= 15 is 0 Å². The fourth-order valence-corrected chi connectivity index (χ4v) is 3.01. The van der Waals surface area contributed by atoms with E-state index in [0.29, 0.717) is 30.3 Å². The number of benzene rings is 1. The summed E-state index contributed by atoms with van der Waals surface area (Å²) in [6, 6.07) is 5.45. The van der Waals surface area contributed by atoms with Crippen molar-refractivity contribution in [2.75, 3.05) is 38.0 Å². The Labute approximate surface area is 147 Å². The number of piperidine rings is 1. The van der Waals surface area contributed by atoms with Crippen molar-refractivity contribution >= 4 is 29.1 Å². The molecular weight excluding hydrogens is 328 g/mol. The van der Waals surface area contributed by atoms with Gasteiger partial charge in [0, 0.05) is 30.3 Å². The minimum absolute atomic E-state index is 0.0240. The van der Waals surface area contributed by atoms with Crippen LogP contribution in [0.2, 0.25) is 5.02 Å². The third kappa shape index (κ3) is 5.47. The number of nitrogens with zero attached hydrogens (tertiary/aromatic N) is 1. The Balaban J connectivity index is 1.84. The molecule has 2 rings (SSSR count). The van der Waals surface area contributed by atoms with Gasteiger partial charge >= 0.3 is 0 Å². The maximum atomic E-state index is 12.2. The number of carbonyl (C=O) groups is 2. The van der Waals surface area contributed by atoms with E-state index in [1.165, 1.54) is 0 Å². The largest absolute Gasteiger partial charge is 0.355 e. The van der Waals surface area contributed by atoms with Crippen LogP contribution >= 0.6 is 11.6 Å². The molecule has 7 heteroatoms. The lowest BCUT2D eigenvalue weighted by atomic mass is 9.97. The standard InChI is InChI=1S/C17H25ClN4O2/c1-12-4-5-14(9-15(12)18)21-16(23)11-22-8-2-3-13(10-22)17(24)20-7-6-19/h4-5,9,13H,2-3,6-8,10-11,19H2,1H3,(H,20,24)(H,21,23). The third-order valence-corrected chi connectivity index (χ3v) is 4.55. The quantitative estimate of drug-likeness (QED) is 0.721. The molecule has 1 aliphatic heterocycles. The van der Waals surface area contributed by atoms with E-state index in [-0.39, 0.29) is 24.3 Å². The highest BCUT2D eigenvalue weighted by atomic mass is 35.5. The molecule has 0 bridgehead atoms. The van der Waals surface area contributed by atoms with Gasteiger partial charge in [0.2, 0.25) is 11.8 Å². The fraction of sp³-hybridized carbons (Fsp3) is 0.529. The SMILES string of the molecule is Cc1ccc(NC(=O)CN2CCCC(C(=O)NCCN)C2)cc1Cl. The first-order valence-corrected chi connectivity index (χ1v) is 8.63. The van der Waals surface area contributed by atoms with Crippen LogP contribution in [0.4, 0.5) is 5.69 Å². The predicted molar refractivity (Wildman–Crippen MR) is 96.0 cm³/mol. The summed E-state index contributed by atoms with van der Waals surface area (Å²) in [5.74, 6) is -0.152. The first-order chi connectivity index (χ1) is 11.5. The summed E-state index contributed by atoms with van der Waals surface area (Å²) in [6.45, 7) is 4.53. The second-order valence-corrected chi connectivity index (χ2v) is 6.57. The Bertz CT molecular complexity index is 594. The first kappa shape index (κ1) is 18.7. The average molecular weight is 353 g/mol. The second-order valence-electron chi connectivity index (χ2n) is 6.17. The molecule has 1 aromatic carbocycles. The number of aryl methyl sites for hydroxylation is 1. The molecule has 1 atom stereocenters. The van der Waals surface area contributed by atoms with E-state index in [1.54, 1.807) is 6.07 Å². The van der Waals surface area contributed by atoms with Crippen LogP contribution in [0.25, 0.3) is 0 Å². The number of carbonyl (C=O) groups excluding carboxylic acids is 2. The monoisotopic (exact) mass is 352 g/mol. The molecule has 24 heavy (non-hydrogen) atoms. The van der Waals surface area contributed by atoms with Crippen LogP contribution in [0.1, 0.15) is 18.4 Å². The van der Waals surface area contributed by atoms with Gasteiger partial charge < -0.3 is 16.4 Å². The van der Waals surface area contributed by atoms with Crippen LogP contribution in [0.5, 0.6) is 0 Å². The Hall–Kier alpha value is -1.63. The van der Waals surface area contributed by atoms with Crippen molar-refractivity contribution < 1.29 is 9.59 Å². The molecule has 0 spiro atoms. The molecule has 1 aliphatic rings. The topological polar surface area (TPSA) is 87.5 Å². The normalized spacial score (nSPS) is 18.2. The minimum atomic E-state index is -0.0991. The lowest BCUT2D eigenvalue weighted by Crippen LogP contribution is -2.46. The van der Waals surface area contributed by atoms with Gasteiger partial charge in [-0.3, -0.25) is 14.5 Å². The lowest BCUT2D eigenvalue weighted by Gasteiger charge is -2.31. The Morgan fingerprint density at radius 1 is 1.42 bits per heavy atom. The molecule has 1 heterocycles. The van der Waals surface area contributed by atoms with Crippen molar-refractivity contribution in [1.82, 2.24) is 10.2 Å². The highest BCUT2D eigenvalue weighted by molar-refractivity contribution is 6.31. The van der Waals surface area contributed by atoms with Crippen LogP contribution in [-0.4, -0.2) is 49.4 Å². The van der Waals surface area contributed by atoms with Gasteiger partial charge in [-0.05, 0) is 44.0 Å². The predicted octanol–water partition coefficient (Wildman–Crippen LogP) is 1.37. The zero-order valence-corrected chi connectivity index (χ0v) is 14.7. The van der Waals surface area contributed by atoms with E-state index in [4.69, 9.17) is 17.3 Å². The zero-order chi connectivity index (χ0) is 17.5. The van der Waals surface area contributed by atoms with E-state index in [9.17, 15) is 9.59 Å². The maximum absolute atomic E-state index is 12.2. The number of nitrogens with two attached hydrogens (primary N) is 1. The van der Waals surface area contributed by atoms with Gasteiger partial charge in [0.1, 0.15) is 0 Å². The molecule has 4 N–H and O–H groups in total. The number of amides is 2. The number of hydrogen-bond acceptors (Lipinski definition) is 4. The first-order valence-electron chi connectivity index (χ1n) is 8.25. The smallest absolute Gasteiger partial charge is 0.238 e. The summed E-state index contributed by atoms with van der Waals surface area (Å²) in [5.41, 5.74) is 7.06. The highest BCUT2D eigenvalue weighted by Crippen LogP contribution is 2.20. The van der Waals surface area contributed by atoms with Gasteiger partial charge in [0.05, 0.1) is 12.5 Å². The van der Waals surface area contributed by atoms with Crippen molar-refractivity contribution in [2.45, 2.75) is 19.8 Å². The zero-order valence-electron chi connectivity index (χ0n) is 14.0. The molecule has 0 aliphatic carbocycles. The Kier molecular flexibility index (Phi) is 7.02. The summed E-state index contributed by atoms with van der Waals surface area (Å²) in [6.07, 6.45) is 1.76. The number of anilines is 1. The van der Waals surface area contributed by atoms with Crippen LogP contribution in [0.3, 0.4) is 0 Å². The third-order valence-electron chi connectivity index (χ3n) is 4.14. The molecule has 1 saturated heterocycles. The summed E-state index contributed by atoms with van der Waals surface area (Å²) in [4.78, 5) is 26.3. The van der Waals surface area contributed by atoms with Gasteiger partial charge in [-0.2, -0.15) is 0 Å². The minimum Gasteiger partial charge on any atom is -0.355 e. The number of likely N-dealkylation sites (tertiary alicyclic amines) is 1. The van der Waals surface area contributed by atoms with Crippen molar-refractivity contribution in [3.63, 3.8) is 0 Å². The van der Waals surface area contributed by atoms with Gasteiger partial charge in [-0.15, -0.1) is 0 Å². The molecular formula is C17H25ClN4O2. The molecule has 6 nitrogen and oxygen atoms in total.